The van der Waals surface area contributed by atoms with E-state index < -0.39 is 38.1 Å². The highest BCUT2D eigenvalue weighted by atomic mass is 32.2. The van der Waals surface area contributed by atoms with Gasteiger partial charge in [-0.05, 0) is 12.1 Å². The molecule has 0 aromatic heterocycles. The number of hydrogen-bond acceptors (Lipinski definition) is 4. The molecule has 0 spiro atoms. The summed E-state index contributed by atoms with van der Waals surface area (Å²) in [7, 11) is -4.38. The molecular formula is C11H13F3N2O3S. The first kappa shape index (κ1) is 16.4. The van der Waals surface area contributed by atoms with Crippen LogP contribution in [0.15, 0.2) is 29.2 Å². The Morgan fingerprint density at radius 3 is 2.40 bits per heavy atom. The number of amides is 1. The van der Waals surface area contributed by atoms with Gasteiger partial charge in [-0.25, -0.2) is 8.42 Å². The van der Waals surface area contributed by atoms with E-state index in [1.165, 1.54) is 6.07 Å². The van der Waals surface area contributed by atoms with Gasteiger partial charge in [-0.15, -0.1) is 0 Å². The van der Waals surface area contributed by atoms with Gasteiger partial charge in [0.25, 0.3) is 0 Å². The average molecular weight is 310 g/mol. The molecule has 0 atom stereocenters. The predicted molar refractivity (Wildman–Crippen MR) is 65.6 cm³/mol. The van der Waals surface area contributed by atoms with Crippen LogP contribution in [0.4, 0.5) is 13.2 Å². The van der Waals surface area contributed by atoms with E-state index in [-0.39, 0.29) is 13.1 Å². The van der Waals surface area contributed by atoms with Crippen molar-refractivity contribution in [3.05, 3.63) is 29.8 Å². The topological polar surface area (TPSA) is 89.3 Å². The minimum absolute atomic E-state index is 0.0509. The first-order valence-corrected chi connectivity index (χ1v) is 7.19. The highest BCUT2D eigenvalue weighted by molar-refractivity contribution is 7.92. The van der Waals surface area contributed by atoms with Crippen LogP contribution in [0.1, 0.15) is 5.56 Å². The number of alkyl halides is 3. The van der Waals surface area contributed by atoms with Crippen molar-refractivity contribution in [2.75, 3.05) is 18.8 Å². The maximum absolute atomic E-state index is 12.7. The largest absolute Gasteiger partial charge is 0.417 e. The molecule has 0 saturated heterocycles. The molecular weight excluding hydrogens is 297 g/mol. The average Bonchev–Trinajstić information content (AvgIpc) is 2.35. The van der Waals surface area contributed by atoms with Crippen LogP contribution in [-0.4, -0.2) is 33.2 Å². The molecule has 0 radical (unpaired) electrons. The lowest BCUT2D eigenvalue weighted by molar-refractivity contribution is -0.140. The third kappa shape index (κ3) is 4.20. The Morgan fingerprint density at radius 1 is 1.25 bits per heavy atom. The van der Waals surface area contributed by atoms with Gasteiger partial charge in [0.05, 0.1) is 10.5 Å². The Hall–Kier alpha value is -1.61. The summed E-state index contributed by atoms with van der Waals surface area (Å²) < 4.78 is 62.0. The van der Waals surface area contributed by atoms with E-state index in [9.17, 15) is 26.4 Å². The predicted octanol–water partition coefficient (Wildman–Crippen LogP) is 0.554. The first-order valence-electron chi connectivity index (χ1n) is 5.54. The molecule has 3 N–H and O–H groups in total. The molecule has 0 aliphatic heterocycles. The molecule has 20 heavy (non-hydrogen) atoms. The molecule has 5 nitrogen and oxygen atoms in total. The lowest BCUT2D eigenvalue weighted by atomic mass is 10.2. The van der Waals surface area contributed by atoms with Crippen LogP contribution in [0.3, 0.4) is 0 Å². The van der Waals surface area contributed by atoms with Crippen LogP contribution in [0.25, 0.3) is 0 Å². The summed E-state index contributed by atoms with van der Waals surface area (Å²) in [5.74, 6) is -1.95. The number of nitrogens with two attached hydrogens (primary N) is 1. The third-order valence-corrected chi connectivity index (χ3v) is 3.98. The fourth-order valence-electron chi connectivity index (χ4n) is 1.48. The van der Waals surface area contributed by atoms with Gasteiger partial charge in [-0.2, -0.15) is 13.2 Å². The third-order valence-electron chi connectivity index (χ3n) is 2.32. The van der Waals surface area contributed by atoms with Crippen molar-refractivity contribution >= 4 is 15.7 Å². The lowest BCUT2D eigenvalue weighted by Crippen LogP contribution is -2.34. The zero-order chi connectivity index (χ0) is 15.4. The summed E-state index contributed by atoms with van der Waals surface area (Å²) in [6, 6.07) is 3.73. The normalized spacial score (nSPS) is 12.2. The molecule has 1 aromatic rings. The number of hydrogen-bond donors (Lipinski definition) is 2. The Balaban J connectivity index is 3.08. The second-order valence-corrected chi connectivity index (χ2v) is 5.85. The molecule has 9 heteroatoms. The van der Waals surface area contributed by atoms with Gasteiger partial charge in [0, 0.05) is 13.1 Å². The van der Waals surface area contributed by atoms with Crippen LogP contribution in [0.2, 0.25) is 0 Å². The molecule has 0 bridgehead atoms. The molecule has 1 amide bonds. The number of carbonyl (C=O) groups excluding carboxylic acids is 1. The van der Waals surface area contributed by atoms with Gasteiger partial charge in [-0.3, -0.25) is 4.79 Å². The number of rotatable bonds is 5. The Morgan fingerprint density at radius 2 is 1.85 bits per heavy atom. The summed E-state index contributed by atoms with van der Waals surface area (Å²) in [4.78, 5) is 10.4. The highest BCUT2D eigenvalue weighted by Gasteiger charge is 2.37. The van der Waals surface area contributed by atoms with Crippen LogP contribution < -0.4 is 11.1 Å². The van der Waals surface area contributed by atoms with E-state index >= 15 is 0 Å². The SMILES string of the molecule is NCCNC(=O)CS(=O)(=O)c1ccccc1C(F)(F)F. The molecule has 112 valence electrons. The summed E-state index contributed by atoms with van der Waals surface area (Å²) >= 11 is 0. The van der Waals surface area contributed by atoms with Crippen molar-refractivity contribution in [3.63, 3.8) is 0 Å². The van der Waals surface area contributed by atoms with Crippen molar-refractivity contribution in [3.8, 4) is 0 Å². The van der Waals surface area contributed by atoms with E-state index in [0.717, 1.165) is 12.1 Å². The molecule has 0 unspecified atom stereocenters. The maximum Gasteiger partial charge on any atom is 0.417 e. The Labute approximate surface area is 113 Å². The molecule has 1 rings (SSSR count). The molecule has 0 saturated carbocycles. The number of benzene rings is 1. The Kier molecular flexibility index (Phi) is 5.12. The van der Waals surface area contributed by atoms with Crippen LogP contribution >= 0.6 is 0 Å². The minimum atomic E-state index is -4.81. The number of carbonyl (C=O) groups is 1. The van der Waals surface area contributed by atoms with Crippen LogP contribution in [-0.2, 0) is 20.8 Å². The summed E-state index contributed by atoms with van der Waals surface area (Å²) in [5, 5.41) is 2.19. The lowest BCUT2D eigenvalue weighted by Gasteiger charge is -2.12. The van der Waals surface area contributed by atoms with Gasteiger partial charge in [-0.1, -0.05) is 12.1 Å². The zero-order valence-corrected chi connectivity index (χ0v) is 11.1. The second-order valence-electron chi connectivity index (χ2n) is 3.89. The quantitative estimate of drug-likeness (QED) is 0.831. The van der Waals surface area contributed by atoms with Gasteiger partial charge in [0.15, 0.2) is 9.84 Å². The summed E-state index contributed by atoms with van der Waals surface area (Å²) in [6.45, 7) is 0.153. The Bertz CT molecular complexity index is 585. The van der Waals surface area contributed by atoms with Gasteiger partial charge >= 0.3 is 6.18 Å². The van der Waals surface area contributed by atoms with E-state index in [1.807, 2.05) is 0 Å². The van der Waals surface area contributed by atoms with Gasteiger partial charge in [0.1, 0.15) is 5.75 Å². The first-order chi connectivity index (χ1) is 9.18. The smallest absolute Gasteiger partial charge is 0.354 e. The van der Waals surface area contributed by atoms with E-state index in [2.05, 4.69) is 5.32 Å². The van der Waals surface area contributed by atoms with Crippen molar-refractivity contribution in [2.45, 2.75) is 11.1 Å². The molecule has 1 aromatic carbocycles. The van der Waals surface area contributed by atoms with Crippen LogP contribution in [0, 0.1) is 0 Å². The standard InChI is InChI=1S/C11H13F3N2O3S/c12-11(13,14)8-3-1-2-4-9(8)20(18,19)7-10(17)16-6-5-15/h1-4H,5-7,15H2,(H,16,17). The minimum Gasteiger partial charge on any atom is -0.354 e. The van der Waals surface area contributed by atoms with Crippen LogP contribution in [0.5, 0.6) is 0 Å². The van der Waals surface area contributed by atoms with E-state index in [1.54, 1.807) is 0 Å². The zero-order valence-electron chi connectivity index (χ0n) is 10.3. The number of sulfone groups is 1. The van der Waals surface area contributed by atoms with Gasteiger partial charge < -0.3 is 11.1 Å². The second kappa shape index (κ2) is 6.23. The molecule has 0 aliphatic carbocycles. The number of nitrogens with one attached hydrogen (secondary N) is 1. The fourth-order valence-corrected chi connectivity index (χ4v) is 2.89. The van der Waals surface area contributed by atoms with E-state index in [4.69, 9.17) is 5.73 Å². The summed E-state index contributed by atoms with van der Waals surface area (Å²) in [6.07, 6.45) is -4.81. The number of halogens is 3. The van der Waals surface area contributed by atoms with Crippen molar-refractivity contribution in [1.82, 2.24) is 5.32 Å². The van der Waals surface area contributed by atoms with Crippen molar-refractivity contribution in [2.24, 2.45) is 5.73 Å². The summed E-state index contributed by atoms with van der Waals surface area (Å²) in [5.41, 5.74) is 3.83. The molecule has 0 aliphatic rings. The van der Waals surface area contributed by atoms with Crippen molar-refractivity contribution in [1.29, 1.82) is 0 Å². The maximum atomic E-state index is 12.7. The fraction of sp³-hybridized carbons (Fsp3) is 0.364. The van der Waals surface area contributed by atoms with Gasteiger partial charge in [0.2, 0.25) is 5.91 Å². The molecule has 0 fully saturated rings. The van der Waals surface area contributed by atoms with Crippen molar-refractivity contribution < 1.29 is 26.4 Å². The monoisotopic (exact) mass is 310 g/mol. The molecule has 0 heterocycles. The van der Waals surface area contributed by atoms with E-state index in [0.29, 0.717) is 6.07 Å². The highest BCUT2D eigenvalue weighted by Crippen LogP contribution is 2.34.